The fourth-order valence-corrected chi connectivity index (χ4v) is 5.42. The molecule has 1 aromatic rings. The molecule has 1 heterocycles. The largest absolute Gasteiger partial charge is 0.150 e. The van der Waals surface area contributed by atoms with Crippen LogP contribution < -0.4 is 4.50 Å². The Bertz CT molecular complexity index is 291. The highest BCUT2D eigenvalue weighted by Gasteiger charge is 2.37. The lowest BCUT2D eigenvalue weighted by atomic mass is 10.2. The zero-order valence-electron chi connectivity index (χ0n) is 9.56. The van der Waals surface area contributed by atoms with Crippen LogP contribution in [0.3, 0.4) is 0 Å². The molecule has 0 aromatic carbocycles. The number of hydrogen-bond donors (Lipinski definition) is 0. The molecule has 0 saturated carbocycles. The van der Waals surface area contributed by atoms with Crippen molar-refractivity contribution >= 4 is 23.9 Å². The summed E-state index contributed by atoms with van der Waals surface area (Å²) in [6, 6.07) is 4.58. The van der Waals surface area contributed by atoms with E-state index in [0.717, 1.165) is 0 Å². The predicted octanol–water partition coefficient (Wildman–Crippen LogP) is 3.77. The van der Waals surface area contributed by atoms with E-state index in [1.54, 1.807) is 4.50 Å². The van der Waals surface area contributed by atoms with Crippen molar-refractivity contribution in [2.45, 2.75) is 45.8 Å². The van der Waals surface area contributed by atoms with Gasteiger partial charge in [-0.1, -0.05) is 39.9 Å². The highest BCUT2D eigenvalue weighted by molar-refractivity contribution is 7.27. The van der Waals surface area contributed by atoms with Crippen LogP contribution in [0.4, 0.5) is 0 Å². The first-order valence-electron chi connectivity index (χ1n) is 4.82. The zero-order valence-corrected chi connectivity index (χ0v) is 11.4. The van der Waals surface area contributed by atoms with E-state index in [4.69, 9.17) is 0 Å². The molecule has 0 atom stereocenters. The van der Waals surface area contributed by atoms with Crippen LogP contribution in [0, 0.1) is 6.92 Å². The standard InChI is InChI=1S/C11H20SSi/c1-9-7-8-10(12-9)13(5,6)11(2,3)4/h7-8H,1-6H3. The molecule has 0 fully saturated rings. The SMILES string of the molecule is Cc1ccc([Si](C)(C)C(C)(C)C)s1. The van der Waals surface area contributed by atoms with Crippen LogP contribution >= 0.6 is 11.3 Å². The van der Waals surface area contributed by atoms with Gasteiger partial charge in [0.15, 0.2) is 0 Å². The van der Waals surface area contributed by atoms with Crippen molar-refractivity contribution in [3.8, 4) is 0 Å². The van der Waals surface area contributed by atoms with Gasteiger partial charge >= 0.3 is 0 Å². The number of thiophene rings is 1. The van der Waals surface area contributed by atoms with Crippen molar-refractivity contribution in [2.24, 2.45) is 0 Å². The maximum atomic E-state index is 2.47. The minimum atomic E-state index is -1.24. The number of hydrogen-bond acceptors (Lipinski definition) is 1. The van der Waals surface area contributed by atoms with Gasteiger partial charge in [-0.2, -0.15) is 11.3 Å². The smallest absolute Gasteiger partial charge is 0.0987 e. The van der Waals surface area contributed by atoms with E-state index >= 15 is 0 Å². The minimum Gasteiger partial charge on any atom is -0.150 e. The quantitative estimate of drug-likeness (QED) is 0.622. The second-order valence-corrected chi connectivity index (χ2v) is 12.2. The second kappa shape index (κ2) is 3.25. The van der Waals surface area contributed by atoms with Gasteiger partial charge in [-0.3, -0.25) is 0 Å². The van der Waals surface area contributed by atoms with Crippen molar-refractivity contribution in [1.82, 2.24) is 0 Å². The molecule has 2 heteroatoms. The lowest BCUT2D eigenvalue weighted by Crippen LogP contribution is -2.47. The molecule has 0 amide bonds. The average Bonchev–Trinajstić information content (AvgIpc) is 2.33. The molecule has 0 aliphatic carbocycles. The molecule has 0 radical (unpaired) electrons. The summed E-state index contributed by atoms with van der Waals surface area (Å²) in [6.07, 6.45) is 0. The summed E-state index contributed by atoms with van der Waals surface area (Å²) in [4.78, 5) is 1.44. The molecule has 0 N–H and O–H groups in total. The molecule has 0 spiro atoms. The summed E-state index contributed by atoms with van der Waals surface area (Å²) in [5, 5.41) is 0.463. The Hall–Kier alpha value is -0.0831. The summed E-state index contributed by atoms with van der Waals surface area (Å²) in [5.41, 5.74) is 0. The molecule has 0 aliphatic heterocycles. The van der Waals surface area contributed by atoms with E-state index in [1.165, 1.54) is 4.88 Å². The topological polar surface area (TPSA) is 0 Å². The van der Waals surface area contributed by atoms with E-state index in [0.29, 0.717) is 5.04 Å². The van der Waals surface area contributed by atoms with E-state index in [-0.39, 0.29) is 0 Å². The highest BCUT2D eigenvalue weighted by Crippen LogP contribution is 2.36. The van der Waals surface area contributed by atoms with Crippen LogP contribution in [-0.4, -0.2) is 8.07 Å². The lowest BCUT2D eigenvalue weighted by Gasteiger charge is -2.35. The first-order chi connectivity index (χ1) is 5.75. The first-order valence-corrected chi connectivity index (χ1v) is 8.64. The monoisotopic (exact) mass is 212 g/mol. The van der Waals surface area contributed by atoms with Gasteiger partial charge in [0.2, 0.25) is 0 Å². The van der Waals surface area contributed by atoms with Gasteiger partial charge in [-0.15, -0.1) is 0 Å². The Morgan fingerprint density at radius 1 is 1.15 bits per heavy atom. The minimum absolute atomic E-state index is 0.463. The van der Waals surface area contributed by atoms with Crippen molar-refractivity contribution in [1.29, 1.82) is 0 Å². The molecule has 74 valence electrons. The maximum absolute atomic E-state index is 2.47. The Morgan fingerprint density at radius 3 is 2.00 bits per heavy atom. The third-order valence-electron chi connectivity index (χ3n) is 3.23. The summed E-state index contributed by atoms with van der Waals surface area (Å²) in [7, 11) is -1.24. The second-order valence-electron chi connectivity index (χ2n) is 5.29. The van der Waals surface area contributed by atoms with Crippen molar-refractivity contribution < 1.29 is 0 Å². The summed E-state index contributed by atoms with van der Waals surface area (Å²) >= 11 is 1.98. The van der Waals surface area contributed by atoms with Gasteiger partial charge in [0, 0.05) is 4.88 Å². The van der Waals surface area contributed by atoms with Gasteiger partial charge in [0.25, 0.3) is 0 Å². The molecule has 1 rings (SSSR count). The molecule has 0 unspecified atom stereocenters. The van der Waals surface area contributed by atoms with E-state index in [2.05, 4.69) is 52.9 Å². The first kappa shape index (κ1) is 11.0. The van der Waals surface area contributed by atoms with Crippen molar-refractivity contribution in [2.75, 3.05) is 0 Å². The van der Waals surface area contributed by atoms with Crippen molar-refractivity contribution in [3.05, 3.63) is 17.0 Å². The van der Waals surface area contributed by atoms with Gasteiger partial charge in [0.1, 0.15) is 0 Å². The Balaban J connectivity index is 3.07. The van der Waals surface area contributed by atoms with E-state index < -0.39 is 8.07 Å². The lowest BCUT2D eigenvalue weighted by molar-refractivity contribution is 0.730. The third kappa shape index (κ3) is 2.05. The van der Waals surface area contributed by atoms with Crippen LogP contribution in [0.5, 0.6) is 0 Å². The highest BCUT2D eigenvalue weighted by atomic mass is 32.1. The molecule has 13 heavy (non-hydrogen) atoms. The van der Waals surface area contributed by atoms with Gasteiger partial charge in [-0.25, -0.2) is 0 Å². The zero-order chi connectivity index (χ0) is 10.3. The van der Waals surface area contributed by atoms with Gasteiger partial charge in [-0.05, 0) is 22.5 Å². The normalized spacial score (nSPS) is 13.4. The Kier molecular flexibility index (Phi) is 2.75. The van der Waals surface area contributed by atoms with Crippen LogP contribution in [0.15, 0.2) is 12.1 Å². The van der Waals surface area contributed by atoms with E-state index in [1.807, 2.05) is 11.3 Å². The summed E-state index contributed by atoms with van der Waals surface area (Å²) in [6.45, 7) is 14.2. The molecule has 0 nitrogen and oxygen atoms in total. The fourth-order valence-electron chi connectivity index (χ4n) is 1.14. The molecule has 1 aromatic heterocycles. The van der Waals surface area contributed by atoms with Crippen LogP contribution in [0.25, 0.3) is 0 Å². The van der Waals surface area contributed by atoms with E-state index in [9.17, 15) is 0 Å². The molecular formula is C11H20SSi. The maximum Gasteiger partial charge on any atom is 0.0987 e. The summed E-state index contributed by atoms with van der Waals surface area (Å²) in [5.74, 6) is 0. The van der Waals surface area contributed by atoms with Crippen molar-refractivity contribution in [3.63, 3.8) is 0 Å². The predicted molar refractivity (Wildman–Crippen MR) is 65.9 cm³/mol. The van der Waals surface area contributed by atoms with Gasteiger partial charge < -0.3 is 0 Å². The number of rotatable bonds is 1. The van der Waals surface area contributed by atoms with Crippen LogP contribution in [-0.2, 0) is 0 Å². The van der Waals surface area contributed by atoms with Gasteiger partial charge in [0.05, 0.1) is 8.07 Å². The molecular weight excluding hydrogens is 192 g/mol. The Labute approximate surface area is 87.0 Å². The van der Waals surface area contributed by atoms with Crippen LogP contribution in [0.1, 0.15) is 25.6 Å². The van der Waals surface area contributed by atoms with Crippen LogP contribution in [0.2, 0.25) is 18.1 Å². The fraction of sp³-hybridized carbons (Fsp3) is 0.636. The molecule has 0 saturated heterocycles. The molecule has 0 bridgehead atoms. The molecule has 0 aliphatic rings. The summed E-state index contributed by atoms with van der Waals surface area (Å²) < 4.78 is 1.64. The average molecular weight is 212 g/mol. The number of aryl methyl sites for hydroxylation is 1. The Morgan fingerprint density at radius 2 is 1.69 bits per heavy atom. The third-order valence-corrected chi connectivity index (χ3v) is 11.0.